The van der Waals surface area contributed by atoms with Crippen molar-refractivity contribution < 1.29 is 4.79 Å². The first-order valence-corrected chi connectivity index (χ1v) is 6.16. The summed E-state index contributed by atoms with van der Waals surface area (Å²) in [5.74, 6) is 0.145. The predicted molar refractivity (Wildman–Crippen MR) is 65.8 cm³/mol. The van der Waals surface area contributed by atoms with Gasteiger partial charge in [0.2, 0.25) is 5.91 Å². The standard InChI is InChI=1S/C13H25NO/c1-3-4-5-6-7-8-9-10-11-12-13(15)14-2/h8-9H,3-7,10-12H2,1-2H3,(H,14,15)/b9-8-. The van der Waals surface area contributed by atoms with E-state index in [1.54, 1.807) is 7.05 Å². The average molecular weight is 211 g/mol. The van der Waals surface area contributed by atoms with E-state index >= 15 is 0 Å². The Hall–Kier alpha value is -0.790. The molecule has 0 aliphatic rings. The number of allylic oxidation sites excluding steroid dienone is 2. The van der Waals surface area contributed by atoms with Crippen molar-refractivity contribution in [2.45, 2.75) is 58.3 Å². The van der Waals surface area contributed by atoms with E-state index in [9.17, 15) is 4.79 Å². The normalized spacial score (nSPS) is 10.8. The van der Waals surface area contributed by atoms with Gasteiger partial charge < -0.3 is 5.32 Å². The molecule has 15 heavy (non-hydrogen) atoms. The molecular weight excluding hydrogens is 186 g/mol. The van der Waals surface area contributed by atoms with E-state index in [0.29, 0.717) is 6.42 Å². The smallest absolute Gasteiger partial charge is 0.219 e. The highest BCUT2D eigenvalue weighted by Crippen LogP contribution is 2.04. The van der Waals surface area contributed by atoms with Crippen LogP contribution in [0.4, 0.5) is 0 Å². The zero-order valence-electron chi connectivity index (χ0n) is 10.2. The number of carbonyl (C=O) groups excluding carboxylic acids is 1. The Morgan fingerprint density at radius 3 is 2.33 bits per heavy atom. The summed E-state index contributed by atoms with van der Waals surface area (Å²) in [6, 6.07) is 0. The zero-order valence-corrected chi connectivity index (χ0v) is 10.2. The second-order valence-electron chi connectivity index (χ2n) is 3.89. The number of amides is 1. The van der Waals surface area contributed by atoms with Crippen molar-refractivity contribution in [1.29, 1.82) is 0 Å². The molecular formula is C13H25NO. The lowest BCUT2D eigenvalue weighted by Gasteiger charge is -1.96. The van der Waals surface area contributed by atoms with Crippen molar-refractivity contribution >= 4 is 5.91 Å². The zero-order chi connectivity index (χ0) is 11.4. The van der Waals surface area contributed by atoms with Crippen LogP contribution in [0.3, 0.4) is 0 Å². The molecule has 1 amide bonds. The van der Waals surface area contributed by atoms with Crippen LogP contribution >= 0.6 is 0 Å². The summed E-state index contributed by atoms with van der Waals surface area (Å²) in [5, 5.41) is 2.63. The van der Waals surface area contributed by atoms with E-state index in [2.05, 4.69) is 24.4 Å². The molecule has 0 spiro atoms. The van der Waals surface area contributed by atoms with E-state index in [1.807, 2.05) is 0 Å². The minimum Gasteiger partial charge on any atom is -0.359 e. The maximum Gasteiger partial charge on any atom is 0.219 e. The summed E-state index contributed by atoms with van der Waals surface area (Å²) in [6.45, 7) is 2.23. The van der Waals surface area contributed by atoms with Crippen LogP contribution in [0.5, 0.6) is 0 Å². The largest absolute Gasteiger partial charge is 0.359 e. The molecule has 0 radical (unpaired) electrons. The Bertz CT molecular complexity index is 175. The van der Waals surface area contributed by atoms with Gasteiger partial charge in [-0.05, 0) is 25.7 Å². The van der Waals surface area contributed by atoms with E-state index < -0.39 is 0 Å². The van der Waals surface area contributed by atoms with Crippen molar-refractivity contribution in [2.24, 2.45) is 0 Å². The topological polar surface area (TPSA) is 29.1 Å². The monoisotopic (exact) mass is 211 g/mol. The summed E-state index contributed by atoms with van der Waals surface area (Å²) in [6.07, 6.45) is 13.6. The van der Waals surface area contributed by atoms with Gasteiger partial charge in [-0.15, -0.1) is 0 Å². The summed E-state index contributed by atoms with van der Waals surface area (Å²) in [5.41, 5.74) is 0. The van der Waals surface area contributed by atoms with Crippen LogP contribution in [-0.2, 0) is 4.79 Å². The van der Waals surface area contributed by atoms with Crippen LogP contribution in [0.15, 0.2) is 12.2 Å². The molecule has 0 aliphatic heterocycles. The molecule has 0 heterocycles. The van der Waals surface area contributed by atoms with Gasteiger partial charge in [0.25, 0.3) is 0 Å². The lowest BCUT2D eigenvalue weighted by molar-refractivity contribution is -0.120. The first kappa shape index (κ1) is 14.2. The number of rotatable bonds is 9. The molecule has 0 fully saturated rings. The Kier molecular flexibility index (Phi) is 10.7. The van der Waals surface area contributed by atoms with E-state index in [0.717, 1.165) is 12.8 Å². The maximum absolute atomic E-state index is 10.9. The minimum atomic E-state index is 0.145. The van der Waals surface area contributed by atoms with Crippen LogP contribution in [0.1, 0.15) is 58.3 Å². The molecule has 0 saturated heterocycles. The summed E-state index contributed by atoms with van der Waals surface area (Å²) >= 11 is 0. The molecule has 1 N–H and O–H groups in total. The summed E-state index contributed by atoms with van der Waals surface area (Å²) in [4.78, 5) is 10.9. The molecule has 2 nitrogen and oxygen atoms in total. The molecule has 0 saturated carbocycles. The van der Waals surface area contributed by atoms with Gasteiger partial charge in [0, 0.05) is 13.5 Å². The molecule has 0 aliphatic carbocycles. The van der Waals surface area contributed by atoms with Gasteiger partial charge in [0.05, 0.1) is 0 Å². The predicted octanol–water partition coefficient (Wildman–Crippen LogP) is 3.43. The van der Waals surface area contributed by atoms with Gasteiger partial charge >= 0.3 is 0 Å². The Labute approximate surface area is 94.1 Å². The van der Waals surface area contributed by atoms with Crippen molar-refractivity contribution in [1.82, 2.24) is 5.32 Å². The molecule has 88 valence electrons. The van der Waals surface area contributed by atoms with Gasteiger partial charge in [-0.25, -0.2) is 0 Å². The summed E-state index contributed by atoms with van der Waals surface area (Å²) in [7, 11) is 1.69. The van der Waals surface area contributed by atoms with Gasteiger partial charge in [-0.2, -0.15) is 0 Å². The second-order valence-corrected chi connectivity index (χ2v) is 3.89. The molecule has 0 atom stereocenters. The Morgan fingerprint density at radius 2 is 1.73 bits per heavy atom. The van der Waals surface area contributed by atoms with E-state index in [-0.39, 0.29) is 5.91 Å². The molecule has 0 unspecified atom stereocenters. The number of hydrogen-bond donors (Lipinski definition) is 1. The third-order valence-electron chi connectivity index (χ3n) is 2.44. The lowest BCUT2D eigenvalue weighted by Crippen LogP contribution is -2.16. The highest BCUT2D eigenvalue weighted by molar-refractivity contribution is 5.75. The third-order valence-corrected chi connectivity index (χ3v) is 2.44. The fourth-order valence-electron chi connectivity index (χ4n) is 1.43. The van der Waals surface area contributed by atoms with Crippen molar-refractivity contribution in [3.8, 4) is 0 Å². The first-order chi connectivity index (χ1) is 7.31. The van der Waals surface area contributed by atoms with Crippen molar-refractivity contribution in [3.63, 3.8) is 0 Å². The van der Waals surface area contributed by atoms with Crippen molar-refractivity contribution in [2.75, 3.05) is 7.05 Å². The van der Waals surface area contributed by atoms with Crippen LogP contribution in [-0.4, -0.2) is 13.0 Å². The van der Waals surface area contributed by atoms with Gasteiger partial charge in [-0.1, -0.05) is 38.3 Å². The van der Waals surface area contributed by atoms with E-state index in [1.165, 1.54) is 32.1 Å². The van der Waals surface area contributed by atoms with E-state index in [4.69, 9.17) is 0 Å². The van der Waals surface area contributed by atoms with Crippen LogP contribution in [0.25, 0.3) is 0 Å². The molecule has 0 aromatic heterocycles. The molecule has 0 rings (SSSR count). The highest BCUT2D eigenvalue weighted by atomic mass is 16.1. The molecule has 0 bridgehead atoms. The highest BCUT2D eigenvalue weighted by Gasteiger charge is 1.94. The van der Waals surface area contributed by atoms with Crippen LogP contribution in [0.2, 0.25) is 0 Å². The Balaban J connectivity index is 3.14. The quantitative estimate of drug-likeness (QED) is 0.459. The number of hydrogen-bond acceptors (Lipinski definition) is 1. The van der Waals surface area contributed by atoms with Gasteiger partial charge in [-0.3, -0.25) is 4.79 Å². The SMILES string of the molecule is CCCCCC/C=C\CCCC(=O)NC. The molecule has 2 heteroatoms. The van der Waals surface area contributed by atoms with Crippen LogP contribution in [0, 0.1) is 0 Å². The number of unbranched alkanes of at least 4 members (excludes halogenated alkanes) is 5. The number of carbonyl (C=O) groups is 1. The minimum absolute atomic E-state index is 0.145. The lowest BCUT2D eigenvalue weighted by atomic mass is 10.1. The van der Waals surface area contributed by atoms with Crippen molar-refractivity contribution in [3.05, 3.63) is 12.2 Å². The maximum atomic E-state index is 10.9. The molecule has 0 aromatic rings. The van der Waals surface area contributed by atoms with Gasteiger partial charge in [0.15, 0.2) is 0 Å². The fraction of sp³-hybridized carbons (Fsp3) is 0.769. The Morgan fingerprint density at radius 1 is 1.07 bits per heavy atom. The average Bonchev–Trinajstić information content (AvgIpc) is 2.26. The summed E-state index contributed by atoms with van der Waals surface area (Å²) < 4.78 is 0. The van der Waals surface area contributed by atoms with Gasteiger partial charge in [0.1, 0.15) is 0 Å². The number of nitrogens with one attached hydrogen (secondary N) is 1. The third kappa shape index (κ3) is 11.1. The first-order valence-electron chi connectivity index (χ1n) is 6.16. The van der Waals surface area contributed by atoms with Crippen LogP contribution < -0.4 is 5.32 Å². The fourth-order valence-corrected chi connectivity index (χ4v) is 1.43. The molecule has 0 aromatic carbocycles. The second kappa shape index (κ2) is 11.3.